The third kappa shape index (κ3) is 2.57. The van der Waals surface area contributed by atoms with Gasteiger partial charge in [0.2, 0.25) is 0 Å². The van der Waals surface area contributed by atoms with Gasteiger partial charge in [0.15, 0.2) is 0 Å². The molecule has 0 amide bonds. The molecule has 0 saturated carbocycles. The van der Waals surface area contributed by atoms with Crippen LogP contribution in [0.3, 0.4) is 0 Å². The highest BCUT2D eigenvalue weighted by Gasteiger charge is 2.24. The molecule has 3 heteroatoms. The van der Waals surface area contributed by atoms with Crippen molar-refractivity contribution < 1.29 is 14.6 Å². The van der Waals surface area contributed by atoms with Crippen LogP contribution in [0.2, 0.25) is 0 Å². The molecule has 0 aromatic heterocycles. The summed E-state index contributed by atoms with van der Waals surface area (Å²) < 4.78 is 5.07. The van der Waals surface area contributed by atoms with E-state index in [-0.39, 0.29) is 6.42 Å². The highest BCUT2D eigenvalue weighted by Crippen LogP contribution is 2.28. The number of ether oxygens (including phenoxy) is 1. The molecule has 3 nitrogen and oxygen atoms in total. The van der Waals surface area contributed by atoms with E-state index < -0.39 is 5.60 Å². The molecule has 0 saturated heterocycles. The number of aliphatic hydroxyl groups is 1. The molecule has 0 heterocycles. The Balaban J connectivity index is 3.09. The molecule has 1 unspecified atom stereocenters. The van der Waals surface area contributed by atoms with Gasteiger partial charge in [-0.1, -0.05) is 6.07 Å². The fourth-order valence-corrected chi connectivity index (χ4v) is 1.64. The van der Waals surface area contributed by atoms with E-state index in [1.807, 2.05) is 13.0 Å². The number of carbonyl (C=O) groups excluding carboxylic acids is 1. The lowest BCUT2D eigenvalue weighted by molar-refractivity contribution is -0.112. The van der Waals surface area contributed by atoms with Crippen LogP contribution >= 0.6 is 0 Å². The van der Waals surface area contributed by atoms with Crippen LogP contribution in [0, 0.1) is 6.92 Å². The van der Waals surface area contributed by atoms with Gasteiger partial charge in [0.25, 0.3) is 0 Å². The van der Waals surface area contributed by atoms with Crippen LogP contribution < -0.4 is 4.74 Å². The molecule has 1 N–H and O–H groups in total. The van der Waals surface area contributed by atoms with Crippen molar-refractivity contribution in [3.8, 4) is 5.75 Å². The van der Waals surface area contributed by atoms with Gasteiger partial charge in [0, 0.05) is 6.42 Å². The monoisotopic (exact) mass is 208 g/mol. The molecule has 0 bridgehead atoms. The van der Waals surface area contributed by atoms with Crippen molar-refractivity contribution in [1.29, 1.82) is 0 Å². The zero-order valence-corrected chi connectivity index (χ0v) is 9.28. The average Bonchev–Trinajstić information content (AvgIpc) is 2.17. The Labute approximate surface area is 89.7 Å². The SMILES string of the molecule is COc1ccc(C(C)(O)CC=O)c(C)c1. The second kappa shape index (κ2) is 4.45. The van der Waals surface area contributed by atoms with E-state index in [1.54, 1.807) is 26.2 Å². The van der Waals surface area contributed by atoms with Crippen LogP contribution in [0.5, 0.6) is 5.75 Å². The Morgan fingerprint density at radius 3 is 2.67 bits per heavy atom. The van der Waals surface area contributed by atoms with Crippen molar-refractivity contribution in [3.63, 3.8) is 0 Å². The van der Waals surface area contributed by atoms with Crippen molar-refractivity contribution in [2.75, 3.05) is 7.11 Å². The van der Waals surface area contributed by atoms with Gasteiger partial charge in [-0.15, -0.1) is 0 Å². The van der Waals surface area contributed by atoms with Crippen molar-refractivity contribution in [2.24, 2.45) is 0 Å². The van der Waals surface area contributed by atoms with E-state index in [0.717, 1.165) is 23.2 Å². The summed E-state index contributed by atoms with van der Waals surface area (Å²) in [7, 11) is 1.60. The highest BCUT2D eigenvalue weighted by molar-refractivity contribution is 5.53. The summed E-state index contributed by atoms with van der Waals surface area (Å²) in [6.07, 6.45) is 0.823. The lowest BCUT2D eigenvalue weighted by Crippen LogP contribution is -2.22. The molecule has 1 atom stereocenters. The predicted octanol–water partition coefficient (Wildman–Crippen LogP) is 1.80. The van der Waals surface area contributed by atoms with Gasteiger partial charge in [0.05, 0.1) is 12.7 Å². The van der Waals surface area contributed by atoms with Crippen molar-refractivity contribution in [2.45, 2.75) is 25.9 Å². The summed E-state index contributed by atoms with van der Waals surface area (Å²) in [6, 6.07) is 5.41. The Bertz CT molecular complexity index is 356. The van der Waals surface area contributed by atoms with Crippen molar-refractivity contribution >= 4 is 6.29 Å². The van der Waals surface area contributed by atoms with Gasteiger partial charge in [-0.05, 0) is 37.1 Å². The fourth-order valence-electron chi connectivity index (χ4n) is 1.64. The van der Waals surface area contributed by atoms with Crippen molar-refractivity contribution in [3.05, 3.63) is 29.3 Å². The van der Waals surface area contributed by atoms with Gasteiger partial charge < -0.3 is 14.6 Å². The third-order valence-corrected chi connectivity index (χ3v) is 2.49. The molecule has 0 aliphatic carbocycles. The maximum atomic E-state index is 10.4. The van der Waals surface area contributed by atoms with E-state index in [4.69, 9.17) is 4.74 Å². The van der Waals surface area contributed by atoms with Crippen LogP contribution in [0.4, 0.5) is 0 Å². The average molecular weight is 208 g/mol. The maximum absolute atomic E-state index is 10.4. The first kappa shape index (κ1) is 11.7. The van der Waals surface area contributed by atoms with E-state index in [9.17, 15) is 9.90 Å². The van der Waals surface area contributed by atoms with Gasteiger partial charge in [-0.2, -0.15) is 0 Å². The standard InChI is InChI=1S/C12H16O3/c1-9-8-10(15-3)4-5-11(9)12(2,14)6-7-13/h4-5,7-8,14H,6H2,1-3H3. The number of methoxy groups -OCH3 is 1. The minimum absolute atomic E-state index is 0.0974. The summed E-state index contributed by atoms with van der Waals surface area (Å²) >= 11 is 0. The van der Waals surface area contributed by atoms with Crippen LogP contribution in [-0.4, -0.2) is 18.5 Å². The zero-order chi connectivity index (χ0) is 11.5. The number of hydrogen-bond donors (Lipinski definition) is 1. The second-order valence-corrected chi connectivity index (χ2v) is 3.83. The van der Waals surface area contributed by atoms with Crippen molar-refractivity contribution in [1.82, 2.24) is 0 Å². The molecule has 0 aliphatic heterocycles. The van der Waals surface area contributed by atoms with Gasteiger partial charge >= 0.3 is 0 Å². The largest absolute Gasteiger partial charge is 0.497 e. The Kier molecular flexibility index (Phi) is 3.48. The molecule has 1 aromatic rings. The van der Waals surface area contributed by atoms with Gasteiger partial charge in [-0.25, -0.2) is 0 Å². The van der Waals surface area contributed by atoms with Crippen LogP contribution in [0.1, 0.15) is 24.5 Å². The number of carbonyl (C=O) groups is 1. The molecular weight excluding hydrogens is 192 g/mol. The minimum atomic E-state index is -1.10. The number of hydrogen-bond acceptors (Lipinski definition) is 3. The molecule has 15 heavy (non-hydrogen) atoms. The smallest absolute Gasteiger partial charge is 0.123 e. The third-order valence-electron chi connectivity index (χ3n) is 2.49. The molecule has 0 fully saturated rings. The lowest BCUT2D eigenvalue weighted by Gasteiger charge is -2.23. The summed E-state index contributed by atoms with van der Waals surface area (Å²) in [5.41, 5.74) is 0.578. The van der Waals surface area contributed by atoms with Gasteiger partial charge in [-0.3, -0.25) is 0 Å². The molecular formula is C12H16O3. The summed E-state index contributed by atoms with van der Waals surface area (Å²) in [5.74, 6) is 0.748. The maximum Gasteiger partial charge on any atom is 0.123 e. The molecule has 82 valence electrons. The molecule has 0 radical (unpaired) electrons. The Morgan fingerprint density at radius 1 is 1.53 bits per heavy atom. The first-order chi connectivity index (χ1) is 7.01. The number of aldehydes is 1. The van der Waals surface area contributed by atoms with Crippen LogP contribution in [-0.2, 0) is 10.4 Å². The quantitative estimate of drug-likeness (QED) is 0.767. The molecule has 0 aliphatic rings. The molecule has 1 rings (SSSR count). The first-order valence-corrected chi connectivity index (χ1v) is 4.82. The normalized spacial score (nSPS) is 14.4. The topological polar surface area (TPSA) is 46.5 Å². The fraction of sp³-hybridized carbons (Fsp3) is 0.417. The number of benzene rings is 1. The minimum Gasteiger partial charge on any atom is -0.497 e. The summed E-state index contributed by atoms with van der Waals surface area (Å²) in [6.45, 7) is 3.52. The first-order valence-electron chi connectivity index (χ1n) is 4.82. The molecule has 0 spiro atoms. The van der Waals surface area contributed by atoms with E-state index in [1.165, 1.54) is 0 Å². The van der Waals surface area contributed by atoms with Crippen LogP contribution in [0.15, 0.2) is 18.2 Å². The van der Waals surface area contributed by atoms with E-state index >= 15 is 0 Å². The zero-order valence-electron chi connectivity index (χ0n) is 9.28. The Hall–Kier alpha value is -1.35. The molecule has 1 aromatic carbocycles. The van der Waals surface area contributed by atoms with E-state index in [2.05, 4.69) is 0 Å². The lowest BCUT2D eigenvalue weighted by atomic mass is 9.89. The highest BCUT2D eigenvalue weighted by atomic mass is 16.5. The number of rotatable bonds is 4. The van der Waals surface area contributed by atoms with Gasteiger partial charge in [0.1, 0.15) is 12.0 Å². The van der Waals surface area contributed by atoms with E-state index in [0.29, 0.717) is 0 Å². The second-order valence-electron chi connectivity index (χ2n) is 3.83. The summed E-state index contributed by atoms with van der Waals surface area (Å²) in [5, 5.41) is 10.1. The Morgan fingerprint density at radius 2 is 2.20 bits per heavy atom. The predicted molar refractivity (Wildman–Crippen MR) is 58.0 cm³/mol. The summed E-state index contributed by atoms with van der Waals surface area (Å²) in [4.78, 5) is 10.4. The number of aryl methyl sites for hydroxylation is 1. The van der Waals surface area contributed by atoms with Crippen LogP contribution in [0.25, 0.3) is 0 Å².